The van der Waals surface area contributed by atoms with Crippen molar-refractivity contribution in [3.63, 3.8) is 0 Å². The fourth-order valence-electron chi connectivity index (χ4n) is 1.55. The topological polar surface area (TPSA) is 63.6 Å². The van der Waals surface area contributed by atoms with Crippen LogP contribution in [0.3, 0.4) is 0 Å². The van der Waals surface area contributed by atoms with Crippen LogP contribution in [0.15, 0.2) is 30.3 Å². The third kappa shape index (κ3) is 4.82. The van der Waals surface area contributed by atoms with E-state index in [0.717, 1.165) is 11.1 Å². The minimum absolute atomic E-state index is 0.00860. The van der Waals surface area contributed by atoms with Gasteiger partial charge in [-0.15, -0.1) is 0 Å². The van der Waals surface area contributed by atoms with E-state index in [4.69, 9.17) is 5.11 Å². The van der Waals surface area contributed by atoms with Crippen LogP contribution >= 0.6 is 0 Å². The molecule has 0 atom stereocenters. The summed E-state index contributed by atoms with van der Waals surface area (Å²) in [5, 5.41) is 8.56. The summed E-state index contributed by atoms with van der Waals surface area (Å²) < 4.78 is 4.59. The van der Waals surface area contributed by atoms with E-state index in [1.807, 2.05) is 24.3 Å². The quantitative estimate of drug-likeness (QED) is 0.784. The molecule has 0 unspecified atom stereocenters. The zero-order valence-electron chi connectivity index (χ0n) is 10.3. The van der Waals surface area contributed by atoms with Crippen LogP contribution in [0.2, 0.25) is 0 Å². The van der Waals surface area contributed by atoms with Gasteiger partial charge in [0.2, 0.25) is 0 Å². The van der Waals surface area contributed by atoms with Crippen molar-refractivity contribution in [1.82, 2.24) is 0 Å². The van der Waals surface area contributed by atoms with Gasteiger partial charge < -0.3 is 9.84 Å². The first-order chi connectivity index (χ1) is 8.63. The summed E-state index contributed by atoms with van der Waals surface area (Å²) in [5.74, 6) is -1.11. The zero-order valence-corrected chi connectivity index (χ0v) is 10.3. The summed E-state index contributed by atoms with van der Waals surface area (Å²) in [5.41, 5.74) is 1.94. The molecule has 1 aromatic rings. The molecule has 0 bridgehead atoms. The second-order valence-electron chi connectivity index (χ2n) is 3.78. The predicted octanol–water partition coefficient (Wildman–Crippen LogP) is 2.28. The Bertz CT molecular complexity index is 449. The van der Waals surface area contributed by atoms with Crippen molar-refractivity contribution < 1.29 is 19.4 Å². The summed E-state index contributed by atoms with van der Waals surface area (Å²) in [6.07, 6.45) is 4.26. The van der Waals surface area contributed by atoms with Gasteiger partial charge in [0.1, 0.15) is 0 Å². The number of carbonyl (C=O) groups excluding carboxylic acids is 1. The molecule has 0 aromatic heterocycles. The number of methoxy groups -OCH3 is 1. The van der Waals surface area contributed by atoms with Crippen LogP contribution in [0.4, 0.5) is 0 Å². The Labute approximate surface area is 106 Å². The smallest absolute Gasteiger partial charge is 0.307 e. The maximum Gasteiger partial charge on any atom is 0.307 e. The molecule has 18 heavy (non-hydrogen) atoms. The number of benzene rings is 1. The molecule has 4 nitrogen and oxygen atoms in total. The SMILES string of the molecule is COC(=O)CCc1ccccc1C=CCC(=O)O. The second-order valence-corrected chi connectivity index (χ2v) is 3.78. The molecule has 96 valence electrons. The van der Waals surface area contributed by atoms with Gasteiger partial charge in [0, 0.05) is 6.42 Å². The molecule has 0 fully saturated rings. The van der Waals surface area contributed by atoms with Gasteiger partial charge in [-0.2, -0.15) is 0 Å². The number of carboxylic acids is 1. The van der Waals surface area contributed by atoms with Crippen LogP contribution < -0.4 is 0 Å². The first-order valence-electron chi connectivity index (χ1n) is 5.66. The Balaban J connectivity index is 2.70. The molecule has 0 aliphatic carbocycles. The van der Waals surface area contributed by atoms with E-state index in [0.29, 0.717) is 12.8 Å². The molecule has 4 heteroatoms. The average molecular weight is 248 g/mol. The van der Waals surface area contributed by atoms with Gasteiger partial charge in [-0.3, -0.25) is 9.59 Å². The van der Waals surface area contributed by atoms with Gasteiger partial charge in [0.25, 0.3) is 0 Å². The van der Waals surface area contributed by atoms with E-state index in [1.54, 1.807) is 12.2 Å². The lowest BCUT2D eigenvalue weighted by Gasteiger charge is -2.05. The molecule has 0 saturated heterocycles. The van der Waals surface area contributed by atoms with Crippen LogP contribution in [0.25, 0.3) is 6.08 Å². The van der Waals surface area contributed by atoms with Gasteiger partial charge in [-0.25, -0.2) is 0 Å². The molecular weight excluding hydrogens is 232 g/mol. The van der Waals surface area contributed by atoms with Crippen molar-refractivity contribution in [2.75, 3.05) is 7.11 Å². The molecule has 0 aliphatic rings. The average Bonchev–Trinajstić information content (AvgIpc) is 2.36. The predicted molar refractivity (Wildman–Crippen MR) is 68.1 cm³/mol. The fraction of sp³-hybridized carbons (Fsp3) is 0.286. The van der Waals surface area contributed by atoms with Gasteiger partial charge in [-0.05, 0) is 17.5 Å². The summed E-state index contributed by atoms with van der Waals surface area (Å²) >= 11 is 0. The number of hydrogen-bond acceptors (Lipinski definition) is 3. The van der Waals surface area contributed by atoms with Crippen molar-refractivity contribution >= 4 is 18.0 Å². The van der Waals surface area contributed by atoms with Crippen molar-refractivity contribution in [2.45, 2.75) is 19.3 Å². The molecule has 1 N–H and O–H groups in total. The highest BCUT2D eigenvalue weighted by Gasteiger charge is 2.04. The number of ether oxygens (including phenoxy) is 1. The number of carbonyl (C=O) groups is 2. The number of aryl methyl sites for hydroxylation is 1. The summed E-state index contributed by atoms with van der Waals surface area (Å²) in [4.78, 5) is 21.5. The summed E-state index contributed by atoms with van der Waals surface area (Å²) in [6.45, 7) is 0. The molecular formula is C14H16O4. The standard InChI is InChI=1S/C14H16O4/c1-18-14(17)10-9-12-6-3-2-5-11(12)7-4-8-13(15)16/h2-7H,8-10H2,1H3,(H,15,16). The molecule has 1 rings (SSSR count). The van der Waals surface area contributed by atoms with Crippen LogP contribution in [-0.4, -0.2) is 24.2 Å². The molecule has 1 aromatic carbocycles. The van der Waals surface area contributed by atoms with E-state index in [-0.39, 0.29) is 12.4 Å². The summed E-state index contributed by atoms with van der Waals surface area (Å²) in [7, 11) is 1.36. The molecule has 0 amide bonds. The molecule has 0 saturated carbocycles. The Kier molecular flexibility index (Phi) is 5.64. The monoisotopic (exact) mass is 248 g/mol. The Morgan fingerprint density at radius 3 is 2.72 bits per heavy atom. The Hall–Kier alpha value is -2.10. The highest BCUT2D eigenvalue weighted by molar-refractivity contribution is 5.71. The number of esters is 1. The highest BCUT2D eigenvalue weighted by Crippen LogP contribution is 2.13. The van der Waals surface area contributed by atoms with Crippen LogP contribution in [0.5, 0.6) is 0 Å². The maximum absolute atomic E-state index is 11.1. The van der Waals surface area contributed by atoms with E-state index in [1.165, 1.54) is 7.11 Å². The van der Waals surface area contributed by atoms with Gasteiger partial charge in [0.15, 0.2) is 0 Å². The number of rotatable bonds is 6. The lowest BCUT2D eigenvalue weighted by atomic mass is 10.0. The van der Waals surface area contributed by atoms with E-state index < -0.39 is 5.97 Å². The van der Waals surface area contributed by atoms with Gasteiger partial charge >= 0.3 is 11.9 Å². The first kappa shape index (κ1) is 14.0. The Morgan fingerprint density at radius 2 is 2.06 bits per heavy atom. The summed E-state index contributed by atoms with van der Waals surface area (Å²) in [6, 6.07) is 7.58. The molecule has 0 radical (unpaired) electrons. The highest BCUT2D eigenvalue weighted by atomic mass is 16.5. The number of aliphatic carboxylic acids is 1. The van der Waals surface area contributed by atoms with E-state index >= 15 is 0 Å². The molecule has 0 spiro atoms. The first-order valence-corrected chi connectivity index (χ1v) is 5.66. The van der Waals surface area contributed by atoms with E-state index in [2.05, 4.69) is 4.74 Å². The van der Waals surface area contributed by atoms with Crippen molar-refractivity contribution in [3.05, 3.63) is 41.5 Å². The fourth-order valence-corrected chi connectivity index (χ4v) is 1.55. The second kappa shape index (κ2) is 7.27. The van der Waals surface area contributed by atoms with Gasteiger partial charge in [-0.1, -0.05) is 36.4 Å². The number of hydrogen-bond donors (Lipinski definition) is 1. The van der Waals surface area contributed by atoms with Crippen LogP contribution in [-0.2, 0) is 20.7 Å². The Morgan fingerprint density at radius 1 is 1.33 bits per heavy atom. The zero-order chi connectivity index (χ0) is 13.4. The van der Waals surface area contributed by atoms with Crippen molar-refractivity contribution in [3.8, 4) is 0 Å². The minimum Gasteiger partial charge on any atom is -0.481 e. The third-order valence-corrected chi connectivity index (χ3v) is 2.47. The van der Waals surface area contributed by atoms with Gasteiger partial charge in [0.05, 0.1) is 13.5 Å². The number of carboxylic acid groups (broad SMARTS) is 1. The maximum atomic E-state index is 11.1. The molecule has 0 aliphatic heterocycles. The van der Waals surface area contributed by atoms with Crippen molar-refractivity contribution in [2.24, 2.45) is 0 Å². The largest absolute Gasteiger partial charge is 0.481 e. The van der Waals surface area contributed by atoms with Crippen LogP contribution in [0.1, 0.15) is 24.0 Å². The van der Waals surface area contributed by atoms with Crippen molar-refractivity contribution in [1.29, 1.82) is 0 Å². The third-order valence-electron chi connectivity index (χ3n) is 2.47. The molecule has 0 heterocycles. The lowest BCUT2D eigenvalue weighted by molar-refractivity contribution is -0.140. The minimum atomic E-state index is -0.863. The normalized spacial score (nSPS) is 10.5. The lowest BCUT2D eigenvalue weighted by Crippen LogP contribution is -2.02. The van der Waals surface area contributed by atoms with Crippen LogP contribution in [0, 0.1) is 0 Å². The van der Waals surface area contributed by atoms with E-state index in [9.17, 15) is 9.59 Å².